The van der Waals surface area contributed by atoms with Crippen LogP contribution in [0.1, 0.15) is 58.8 Å². The van der Waals surface area contributed by atoms with Crippen molar-refractivity contribution in [2.45, 2.75) is 77.0 Å². The molecular weight excluding hydrogens is 252 g/mol. The molecule has 0 aromatic rings. The fourth-order valence-electron chi connectivity index (χ4n) is 3.41. The Morgan fingerprint density at radius 1 is 1.20 bits per heavy atom. The topological polar surface area (TPSA) is 41.6 Å². The standard InChI is InChI=1S/C16H30N2O2/c1-3-17-14-7-9-15(10-8-14)20-13(2)16(19)18-11-5-4-6-12-18/h13-15,17H,3-12H2,1-2H3. The van der Waals surface area contributed by atoms with Gasteiger partial charge < -0.3 is 15.0 Å². The SMILES string of the molecule is CCNC1CCC(OC(C)C(=O)N2CCCCC2)CC1. The van der Waals surface area contributed by atoms with Gasteiger partial charge in [-0.2, -0.15) is 0 Å². The number of nitrogens with one attached hydrogen (secondary N) is 1. The average Bonchev–Trinajstić information content (AvgIpc) is 2.49. The normalized spacial score (nSPS) is 29.2. The summed E-state index contributed by atoms with van der Waals surface area (Å²) in [5.41, 5.74) is 0. The van der Waals surface area contributed by atoms with E-state index in [0.29, 0.717) is 6.04 Å². The molecule has 0 bridgehead atoms. The Kier molecular flexibility index (Phi) is 6.30. The highest BCUT2D eigenvalue weighted by Gasteiger charge is 2.27. The van der Waals surface area contributed by atoms with Gasteiger partial charge in [0.25, 0.3) is 5.91 Å². The van der Waals surface area contributed by atoms with Gasteiger partial charge in [0.15, 0.2) is 0 Å². The van der Waals surface area contributed by atoms with Crippen LogP contribution in [0.4, 0.5) is 0 Å². The molecular formula is C16H30N2O2. The summed E-state index contributed by atoms with van der Waals surface area (Å²) in [6, 6.07) is 0.646. The van der Waals surface area contributed by atoms with Gasteiger partial charge in [-0.25, -0.2) is 0 Å². The average molecular weight is 282 g/mol. The number of amides is 1. The minimum absolute atomic E-state index is 0.193. The lowest BCUT2D eigenvalue weighted by Crippen LogP contribution is -2.44. The van der Waals surface area contributed by atoms with Gasteiger partial charge in [-0.05, 0) is 58.4 Å². The van der Waals surface area contributed by atoms with E-state index in [-0.39, 0.29) is 18.1 Å². The van der Waals surface area contributed by atoms with Gasteiger partial charge in [0.1, 0.15) is 6.10 Å². The Hall–Kier alpha value is -0.610. The first kappa shape index (κ1) is 15.8. The molecule has 1 aliphatic heterocycles. The van der Waals surface area contributed by atoms with Crippen LogP contribution in [0.3, 0.4) is 0 Å². The molecule has 0 aromatic heterocycles. The number of likely N-dealkylation sites (tertiary alicyclic amines) is 1. The van der Waals surface area contributed by atoms with Gasteiger partial charge in [0, 0.05) is 19.1 Å². The molecule has 20 heavy (non-hydrogen) atoms. The van der Waals surface area contributed by atoms with Gasteiger partial charge in [-0.1, -0.05) is 6.92 Å². The van der Waals surface area contributed by atoms with Gasteiger partial charge in [0.05, 0.1) is 6.10 Å². The monoisotopic (exact) mass is 282 g/mol. The molecule has 2 fully saturated rings. The summed E-state index contributed by atoms with van der Waals surface area (Å²) in [6.45, 7) is 6.95. The lowest BCUT2D eigenvalue weighted by Gasteiger charge is -2.33. The first-order valence-corrected chi connectivity index (χ1v) is 8.38. The van der Waals surface area contributed by atoms with Crippen molar-refractivity contribution in [3.05, 3.63) is 0 Å². The fraction of sp³-hybridized carbons (Fsp3) is 0.938. The van der Waals surface area contributed by atoms with Crippen molar-refractivity contribution >= 4 is 5.91 Å². The molecule has 1 unspecified atom stereocenters. The summed E-state index contributed by atoms with van der Waals surface area (Å²) in [5, 5.41) is 3.50. The zero-order valence-corrected chi connectivity index (χ0v) is 13.1. The number of ether oxygens (including phenoxy) is 1. The van der Waals surface area contributed by atoms with Crippen molar-refractivity contribution in [3.63, 3.8) is 0 Å². The molecule has 1 saturated heterocycles. The molecule has 0 radical (unpaired) electrons. The van der Waals surface area contributed by atoms with Crippen molar-refractivity contribution in [1.29, 1.82) is 0 Å². The van der Waals surface area contributed by atoms with Crippen molar-refractivity contribution in [2.75, 3.05) is 19.6 Å². The first-order chi connectivity index (χ1) is 9.70. The fourth-order valence-corrected chi connectivity index (χ4v) is 3.41. The molecule has 1 saturated carbocycles. The number of hydrogen-bond acceptors (Lipinski definition) is 3. The summed E-state index contributed by atoms with van der Waals surface area (Å²) < 4.78 is 6.01. The lowest BCUT2D eigenvalue weighted by molar-refractivity contribution is -0.148. The Balaban J connectivity index is 1.71. The highest BCUT2D eigenvalue weighted by Crippen LogP contribution is 2.23. The maximum absolute atomic E-state index is 12.3. The number of carbonyl (C=O) groups excluding carboxylic acids is 1. The predicted octanol–water partition coefficient (Wildman–Crippen LogP) is 2.32. The Morgan fingerprint density at radius 2 is 1.85 bits per heavy atom. The zero-order valence-electron chi connectivity index (χ0n) is 13.1. The summed E-state index contributed by atoms with van der Waals surface area (Å²) in [4.78, 5) is 14.3. The van der Waals surface area contributed by atoms with Crippen LogP contribution in [0.25, 0.3) is 0 Å². The molecule has 4 heteroatoms. The minimum Gasteiger partial charge on any atom is -0.365 e. The van der Waals surface area contributed by atoms with Crippen molar-refractivity contribution < 1.29 is 9.53 Å². The molecule has 1 aliphatic carbocycles. The van der Waals surface area contributed by atoms with Crippen LogP contribution in [0.15, 0.2) is 0 Å². The van der Waals surface area contributed by atoms with E-state index in [2.05, 4.69) is 12.2 Å². The molecule has 0 spiro atoms. The maximum Gasteiger partial charge on any atom is 0.251 e. The van der Waals surface area contributed by atoms with E-state index in [4.69, 9.17) is 4.74 Å². The van der Waals surface area contributed by atoms with Crippen molar-refractivity contribution in [1.82, 2.24) is 10.2 Å². The third-order valence-electron chi connectivity index (χ3n) is 4.58. The Morgan fingerprint density at radius 3 is 2.45 bits per heavy atom. The molecule has 116 valence electrons. The predicted molar refractivity (Wildman–Crippen MR) is 80.7 cm³/mol. The number of rotatable bonds is 5. The molecule has 4 nitrogen and oxygen atoms in total. The van der Waals surface area contributed by atoms with Crippen LogP contribution in [0, 0.1) is 0 Å². The van der Waals surface area contributed by atoms with Crippen molar-refractivity contribution in [2.24, 2.45) is 0 Å². The van der Waals surface area contributed by atoms with E-state index in [1.807, 2.05) is 11.8 Å². The zero-order chi connectivity index (χ0) is 14.4. The van der Waals surface area contributed by atoms with E-state index in [1.54, 1.807) is 0 Å². The molecule has 1 N–H and O–H groups in total. The highest BCUT2D eigenvalue weighted by atomic mass is 16.5. The minimum atomic E-state index is -0.270. The lowest BCUT2D eigenvalue weighted by atomic mass is 9.93. The van der Waals surface area contributed by atoms with Crippen LogP contribution in [0.5, 0.6) is 0 Å². The number of carbonyl (C=O) groups is 1. The van der Waals surface area contributed by atoms with Crippen LogP contribution < -0.4 is 5.32 Å². The molecule has 1 amide bonds. The molecule has 0 aromatic carbocycles. The van der Waals surface area contributed by atoms with Gasteiger partial charge >= 0.3 is 0 Å². The summed E-state index contributed by atoms with van der Waals surface area (Å²) >= 11 is 0. The number of nitrogens with zero attached hydrogens (tertiary/aromatic N) is 1. The molecule has 2 rings (SSSR count). The summed E-state index contributed by atoms with van der Waals surface area (Å²) in [7, 11) is 0. The Bertz CT molecular complexity index is 295. The van der Waals surface area contributed by atoms with Crippen LogP contribution in [-0.4, -0.2) is 48.7 Å². The third-order valence-corrected chi connectivity index (χ3v) is 4.58. The summed E-state index contributed by atoms with van der Waals surface area (Å²) in [5.74, 6) is 0.193. The van der Waals surface area contributed by atoms with E-state index >= 15 is 0 Å². The van der Waals surface area contributed by atoms with Gasteiger partial charge in [0.2, 0.25) is 0 Å². The van der Waals surface area contributed by atoms with Crippen molar-refractivity contribution in [3.8, 4) is 0 Å². The smallest absolute Gasteiger partial charge is 0.251 e. The summed E-state index contributed by atoms with van der Waals surface area (Å²) in [6.07, 6.45) is 8.05. The molecule has 1 heterocycles. The number of piperidine rings is 1. The largest absolute Gasteiger partial charge is 0.365 e. The second-order valence-electron chi connectivity index (χ2n) is 6.20. The second-order valence-corrected chi connectivity index (χ2v) is 6.20. The molecule has 2 aliphatic rings. The van der Waals surface area contributed by atoms with E-state index in [1.165, 1.54) is 19.3 Å². The number of hydrogen-bond donors (Lipinski definition) is 1. The molecule has 1 atom stereocenters. The van der Waals surface area contributed by atoms with E-state index in [9.17, 15) is 4.79 Å². The van der Waals surface area contributed by atoms with Gasteiger partial charge in [-0.15, -0.1) is 0 Å². The highest BCUT2D eigenvalue weighted by molar-refractivity contribution is 5.80. The van der Waals surface area contributed by atoms with Crippen LogP contribution in [0.2, 0.25) is 0 Å². The first-order valence-electron chi connectivity index (χ1n) is 8.38. The van der Waals surface area contributed by atoms with Crippen LogP contribution in [-0.2, 0) is 9.53 Å². The van der Waals surface area contributed by atoms with Gasteiger partial charge in [-0.3, -0.25) is 4.79 Å². The third kappa shape index (κ3) is 4.45. The quantitative estimate of drug-likeness (QED) is 0.841. The van der Waals surface area contributed by atoms with E-state index < -0.39 is 0 Å². The second kappa shape index (κ2) is 7.99. The van der Waals surface area contributed by atoms with Crippen LogP contribution >= 0.6 is 0 Å². The van der Waals surface area contributed by atoms with E-state index in [0.717, 1.165) is 45.3 Å². The maximum atomic E-state index is 12.3. The Labute approximate surface area is 123 Å².